The number of rotatable bonds is 2. The molecule has 3 aromatic carbocycles. The SMILES string of the molecule is Clc1ccccc1[C@@H]1Oc2c(Br)cc(Br)cc2[C@@H]2CC(c3ccc(Br)cc3)=NN21. The summed E-state index contributed by atoms with van der Waals surface area (Å²) < 4.78 is 9.42. The summed E-state index contributed by atoms with van der Waals surface area (Å²) in [5, 5.41) is 7.70. The minimum atomic E-state index is -0.397. The monoisotopic (exact) mass is 594 g/mol. The predicted molar refractivity (Wildman–Crippen MR) is 127 cm³/mol. The first kappa shape index (κ1) is 19.6. The van der Waals surface area contributed by atoms with Crippen LogP contribution in [0.2, 0.25) is 5.02 Å². The van der Waals surface area contributed by atoms with Gasteiger partial charge >= 0.3 is 0 Å². The normalized spacial score (nSPS) is 20.0. The Balaban J connectivity index is 1.65. The first-order valence-corrected chi connectivity index (χ1v) is 11.8. The molecule has 0 unspecified atom stereocenters. The molecule has 2 aliphatic rings. The van der Waals surface area contributed by atoms with Gasteiger partial charge in [-0.1, -0.05) is 73.8 Å². The Labute approximate surface area is 199 Å². The van der Waals surface area contributed by atoms with Crippen LogP contribution in [0.3, 0.4) is 0 Å². The van der Waals surface area contributed by atoms with E-state index in [4.69, 9.17) is 21.4 Å². The molecule has 7 heteroatoms. The maximum atomic E-state index is 6.53. The number of benzene rings is 3. The number of hydrogen-bond acceptors (Lipinski definition) is 3. The van der Waals surface area contributed by atoms with Crippen molar-refractivity contribution in [3.8, 4) is 5.75 Å². The van der Waals surface area contributed by atoms with Crippen LogP contribution in [0.25, 0.3) is 0 Å². The lowest BCUT2D eigenvalue weighted by molar-refractivity contribution is -0.0196. The van der Waals surface area contributed by atoms with Gasteiger partial charge in [0.05, 0.1) is 16.2 Å². The van der Waals surface area contributed by atoms with E-state index < -0.39 is 6.23 Å². The zero-order valence-corrected chi connectivity index (χ0v) is 20.5. The van der Waals surface area contributed by atoms with Gasteiger partial charge in [0.2, 0.25) is 6.23 Å². The van der Waals surface area contributed by atoms with Gasteiger partial charge in [-0.3, -0.25) is 0 Å². The van der Waals surface area contributed by atoms with E-state index in [1.54, 1.807) is 0 Å². The molecule has 0 amide bonds. The van der Waals surface area contributed by atoms with Crippen LogP contribution in [0.1, 0.15) is 35.4 Å². The number of ether oxygens (including phenoxy) is 1. The van der Waals surface area contributed by atoms with E-state index in [0.717, 1.165) is 48.0 Å². The summed E-state index contributed by atoms with van der Waals surface area (Å²) in [5.74, 6) is 0.839. The van der Waals surface area contributed by atoms with Gasteiger partial charge in [-0.25, -0.2) is 5.01 Å². The highest BCUT2D eigenvalue weighted by Crippen LogP contribution is 2.51. The van der Waals surface area contributed by atoms with Gasteiger partial charge < -0.3 is 4.74 Å². The van der Waals surface area contributed by atoms with E-state index >= 15 is 0 Å². The largest absolute Gasteiger partial charge is 0.463 e. The second-order valence-corrected chi connectivity index (χ2v) is 10.0. The highest BCUT2D eigenvalue weighted by Gasteiger charge is 2.42. The number of halogens is 4. The van der Waals surface area contributed by atoms with Gasteiger partial charge in [-0.2, -0.15) is 5.10 Å². The van der Waals surface area contributed by atoms with Crippen LogP contribution >= 0.6 is 59.4 Å². The number of nitrogens with zero attached hydrogens (tertiary/aromatic N) is 2. The lowest BCUT2D eigenvalue weighted by atomic mass is 9.96. The van der Waals surface area contributed by atoms with Crippen molar-refractivity contribution in [1.82, 2.24) is 5.01 Å². The predicted octanol–water partition coefficient (Wildman–Crippen LogP) is 7.87. The first-order valence-electron chi connectivity index (χ1n) is 9.03. The highest BCUT2D eigenvalue weighted by molar-refractivity contribution is 9.11. The molecule has 2 atom stereocenters. The van der Waals surface area contributed by atoms with Gasteiger partial charge in [0.15, 0.2) is 0 Å². The molecule has 29 heavy (non-hydrogen) atoms. The van der Waals surface area contributed by atoms with Crippen molar-refractivity contribution >= 4 is 65.1 Å². The standard InChI is InChI=1S/C22H14Br3ClN2O/c23-13-7-5-12(6-8-13)19-11-20-16-9-14(24)10-17(25)21(16)29-22(28(20)27-19)15-3-1-2-4-18(15)26/h1-10,20,22H,11H2/t20-,22-/m0/s1. The van der Waals surface area contributed by atoms with Crippen molar-refractivity contribution in [3.05, 3.63) is 95.8 Å². The molecule has 0 aliphatic carbocycles. The summed E-state index contributed by atoms with van der Waals surface area (Å²) in [5.41, 5.74) is 4.15. The van der Waals surface area contributed by atoms with Crippen molar-refractivity contribution in [1.29, 1.82) is 0 Å². The van der Waals surface area contributed by atoms with Gasteiger partial charge in [0, 0.05) is 31.5 Å². The molecule has 0 spiro atoms. The Hall–Kier alpha value is -1.34. The van der Waals surface area contributed by atoms with Gasteiger partial charge in [0.25, 0.3) is 0 Å². The smallest absolute Gasteiger partial charge is 0.215 e. The first-order chi connectivity index (χ1) is 14.0. The third-order valence-corrected chi connectivity index (χ3v) is 7.08. The summed E-state index contributed by atoms with van der Waals surface area (Å²) in [6, 6.07) is 20.2. The molecule has 2 heterocycles. The van der Waals surface area contributed by atoms with Crippen molar-refractivity contribution in [2.75, 3.05) is 0 Å². The van der Waals surface area contributed by atoms with Crippen LogP contribution in [0.5, 0.6) is 5.75 Å². The van der Waals surface area contributed by atoms with E-state index in [2.05, 4.69) is 66.0 Å². The fourth-order valence-corrected chi connectivity index (χ4v) is 5.66. The van der Waals surface area contributed by atoms with Crippen LogP contribution in [0, 0.1) is 0 Å². The summed E-state index contributed by atoms with van der Waals surface area (Å²) in [7, 11) is 0. The summed E-state index contributed by atoms with van der Waals surface area (Å²) in [4.78, 5) is 0. The van der Waals surface area contributed by atoms with Crippen molar-refractivity contribution in [2.24, 2.45) is 5.10 Å². The van der Waals surface area contributed by atoms with E-state index in [-0.39, 0.29) is 6.04 Å². The average molecular weight is 598 g/mol. The Bertz CT molecular complexity index is 1130. The Morgan fingerprint density at radius 3 is 2.45 bits per heavy atom. The van der Waals surface area contributed by atoms with Crippen LogP contribution in [0.15, 0.2) is 79.2 Å². The van der Waals surface area contributed by atoms with Crippen LogP contribution in [-0.2, 0) is 0 Å². The van der Waals surface area contributed by atoms with E-state index in [9.17, 15) is 0 Å². The molecule has 5 rings (SSSR count). The molecular weight excluding hydrogens is 583 g/mol. The van der Waals surface area contributed by atoms with Crippen molar-refractivity contribution in [3.63, 3.8) is 0 Å². The highest BCUT2D eigenvalue weighted by atomic mass is 79.9. The topological polar surface area (TPSA) is 24.8 Å². The summed E-state index contributed by atoms with van der Waals surface area (Å²) in [6.07, 6.45) is 0.397. The van der Waals surface area contributed by atoms with Crippen molar-refractivity contribution in [2.45, 2.75) is 18.7 Å². The molecular formula is C22H14Br3ClN2O. The zero-order chi connectivity index (χ0) is 20.1. The number of fused-ring (bicyclic) bond motifs is 3. The third-order valence-electron chi connectivity index (χ3n) is 5.16. The zero-order valence-electron chi connectivity index (χ0n) is 14.9. The van der Waals surface area contributed by atoms with E-state index in [1.807, 2.05) is 47.5 Å². The van der Waals surface area contributed by atoms with Crippen molar-refractivity contribution < 1.29 is 4.74 Å². The minimum Gasteiger partial charge on any atom is -0.463 e. The molecule has 0 bridgehead atoms. The van der Waals surface area contributed by atoms with Crippen LogP contribution < -0.4 is 4.74 Å². The molecule has 0 fully saturated rings. The lowest BCUT2D eigenvalue weighted by Crippen LogP contribution is -2.34. The molecule has 2 aliphatic heterocycles. The molecule has 0 N–H and O–H groups in total. The quantitative estimate of drug-likeness (QED) is 0.301. The van der Waals surface area contributed by atoms with E-state index in [0.29, 0.717) is 5.02 Å². The van der Waals surface area contributed by atoms with Crippen LogP contribution in [-0.4, -0.2) is 10.7 Å². The Kier molecular flexibility index (Phi) is 5.23. The summed E-state index contributed by atoms with van der Waals surface area (Å²) >= 11 is 17.3. The van der Waals surface area contributed by atoms with E-state index in [1.165, 1.54) is 0 Å². The number of hydrogen-bond donors (Lipinski definition) is 0. The molecule has 0 radical (unpaired) electrons. The fourth-order valence-electron chi connectivity index (χ4n) is 3.81. The molecule has 0 saturated carbocycles. The fraction of sp³-hybridized carbons (Fsp3) is 0.136. The maximum Gasteiger partial charge on any atom is 0.215 e. The summed E-state index contributed by atoms with van der Waals surface area (Å²) in [6.45, 7) is 0. The second kappa shape index (κ2) is 7.73. The Morgan fingerprint density at radius 2 is 1.69 bits per heavy atom. The average Bonchev–Trinajstić information content (AvgIpc) is 3.14. The molecule has 3 aromatic rings. The van der Waals surface area contributed by atoms with Gasteiger partial charge in [0.1, 0.15) is 5.75 Å². The second-order valence-electron chi connectivity index (χ2n) is 6.95. The molecule has 146 valence electrons. The molecule has 0 saturated heterocycles. The number of hydrazone groups is 1. The van der Waals surface area contributed by atoms with Gasteiger partial charge in [-0.15, -0.1) is 0 Å². The third kappa shape index (κ3) is 3.54. The lowest BCUT2D eigenvalue weighted by Gasteiger charge is -2.39. The maximum absolute atomic E-state index is 6.53. The Morgan fingerprint density at radius 1 is 0.931 bits per heavy atom. The molecule has 3 nitrogen and oxygen atoms in total. The van der Waals surface area contributed by atoms with Crippen LogP contribution in [0.4, 0.5) is 0 Å². The minimum absolute atomic E-state index is 0.0625. The molecule has 0 aromatic heterocycles. The van der Waals surface area contributed by atoms with Gasteiger partial charge in [-0.05, 0) is 51.8 Å².